The summed E-state index contributed by atoms with van der Waals surface area (Å²) in [6.07, 6.45) is -31.9. The van der Waals surface area contributed by atoms with E-state index in [4.69, 9.17) is 47.4 Å². The van der Waals surface area contributed by atoms with Gasteiger partial charge in [-0.1, -0.05) is 60.1 Å². The van der Waals surface area contributed by atoms with Gasteiger partial charge in [-0.25, -0.2) is 0 Å². The van der Waals surface area contributed by atoms with Crippen molar-refractivity contribution in [2.24, 2.45) is 50.2 Å². The molecule has 5 saturated heterocycles. The lowest BCUT2D eigenvalue weighted by Gasteiger charge is -2.71. The first-order chi connectivity index (χ1) is 39.3. The van der Waals surface area contributed by atoms with Crippen molar-refractivity contribution >= 4 is 5.97 Å². The zero-order chi connectivity index (χ0) is 61.3. The minimum absolute atomic E-state index is 0.0185. The zero-order valence-electron chi connectivity index (χ0n) is 49.1. The molecule has 9 fully saturated rings. The van der Waals surface area contributed by atoms with Crippen LogP contribution in [0.1, 0.15) is 113 Å². The van der Waals surface area contributed by atoms with Crippen LogP contribution in [0.15, 0.2) is 11.6 Å². The number of aliphatic hydroxyl groups is 15. The van der Waals surface area contributed by atoms with E-state index in [2.05, 4.69) is 40.7 Å². The van der Waals surface area contributed by atoms with Crippen LogP contribution in [0.5, 0.6) is 0 Å². The Morgan fingerprint density at radius 3 is 1.77 bits per heavy atom. The normalized spacial score (nSPS) is 54.6. The highest BCUT2D eigenvalue weighted by Crippen LogP contribution is 2.76. The molecule has 26 nitrogen and oxygen atoms in total. The summed E-state index contributed by atoms with van der Waals surface area (Å²) < 4.78 is 59.7. The highest BCUT2D eigenvalue weighted by atomic mass is 16.8. The number of aliphatic hydroxyl groups excluding tert-OH is 15. The summed E-state index contributed by atoms with van der Waals surface area (Å²) in [5.74, 6) is -0.915. The smallest absolute Gasteiger partial charge is 0.315 e. The maximum atomic E-state index is 15.3. The maximum absolute atomic E-state index is 15.3. The van der Waals surface area contributed by atoms with Gasteiger partial charge in [-0.15, -0.1) is 0 Å². The summed E-state index contributed by atoms with van der Waals surface area (Å²) in [5, 5.41) is 163. The Balaban J connectivity index is 0.875. The SMILES string of the molecule is CC1OC(OC(=O)C23CCC(C)(C)CC2C2=CCC4C5(C)CC(O)C(OC6OC(CO)C(O)C(OC7OCC(O)C(O)C7OC7OCC(O)C(O)C7O)C6O)C(C)(C)C5CCC4(C)C2(C)CC3)C(OC2OC(CO)C(O)C(O)C2O)C(O)C1O. The number of carbonyl (C=O) groups excluding carboxylic acids is 1. The molecule has 26 heteroatoms. The van der Waals surface area contributed by atoms with Gasteiger partial charge in [0.15, 0.2) is 31.3 Å². The lowest BCUT2D eigenvalue weighted by Crippen LogP contribution is -2.69. The Hall–Kier alpha value is -1.75. The van der Waals surface area contributed by atoms with Gasteiger partial charge in [0.25, 0.3) is 0 Å². The van der Waals surface area contributed by atoms with Crippen LogP contribution in [-0.4, -0.2) is 263 Å². The lowest BCUT2D eigenvalue weighted by molar-refractivity contribution is -0.381. The highest BCUT2D eigenvalue weighted by molar-refractivity contribution is 5.79. The first-order valence-electron chi connectivity index (χ1n) is 30.1. The van der Waals surface area contributed by atoms with Crippen LogP contribution in [-0.2, 0) is 52.2 Å². The van der Waals surface area contributed by atoms with E-state index in [9.17, 15) is 76.6 Å². The van der Waals surface area contributed by atoms with Crippen molar-refractivity contribution in [1.29, 1.82) is 0 Å². The molecule has 5 heterocycles. The maximum Gasteiger partial charge on any atom is 0.315 e. The molecule has 0 aromatic rings. The van der Waals surface area contributed by atoms with Gasteiger partial charge >= 0.3 is 5.97 Å². The highest BCUT2D eigenvalue weighted by Gasteiger charge is 2.71. The minimum Gasteiger partial charge on any atom is -0.432 e. The van der Waals surface area contributed by atoms with Gasteiger partial charge in [-0.2, -0.15) is 0 Å². The van der Waals surface area contributed by atoms with Crippen molar-refractivity contribution in [3.05, 3.63) is 11.6 Å². The summed E-state index contributed by atoms with van der Waals surface area (Å²) in [6.45, 7) is 14.4. The fourth-order valence-corrected chi connectivity index (χ4v) is 17.5. The Bertz CT molecular complexity index is 2350. The van der Waals surface area contributed by atoms with E-state index in [1.807, 2.05) is 13.8 Å². The molecule has 0 bridgehead atoms. The third-order valence-corrected chi connectivity index (χ3v) is 22.7. The first kappa shape index (κ1) is 65.2. The zero-order valence-corrected chi connectivity index (χ0v) is 49.1. The molecule has 84 heavy (non-hydrogen) atoms. The van der Waals surface area contributed by atoms with Crippen molar-refractivity contribution in [1.82, 2.24) is 0 Å². The minimum atomic E-state index is -1.86. The van der Waals surface area contributed by atoms with Crippen LogP contribution in [0, 0.1) is 50.2 Å². The van der Waals surface area contributed by atoms with E-state index in [1.165, 1.54) is 12.5 Å². The monoisotopic (exact) mass is 1210 g/mol. The van der Waals surface area contributed by atoms with Gasteiger partial charge in [0, 0.05) is 0 Å². The predicted octanol–water partition coefficient (Wildman–Crippen LogP) is -2.93. The van der Waals surface area contributed by atoms with E-state index < -0.39 is 208 Å². The largest absolute Gasteiger partial charge is 0.432 e. The van der Waals surface area contributed by atoms with Crippen LogP contribution < -0.4 is 0 Å². The molecule has 10 rings (SSSR count). The molecule has 32 unspecified atom stereocenters. The van der Waals surface area contributed by atoms with Crippen molar-refractivity contribution in [3.8, 4) is 0 Å². The third kappa shape index (κ3) is 10.8. The number of ether oxygens (including phenoxy) is 10. The van der Waals surface area contributed by atoms with Crippen LogP contribution in [0.2, 0.25) is 0 Å². The van der Waals surface area contributed by atoms with E-state index in [0.29, 0.717) is 44.9 Å². The lowest BCUT2D eigenvalue weighted by atomic mass is 9.33. The van der Waals surface area contributed by atoms with E-state index in [1.54, 1.807) is 0 Å². The number of hydrogen-bond acceptors (Lipinski definition) is 26. The number of allylic oxidation sites excluding steroid dienone is 2. The third-order valence-electron chi connectivity index (χ3n) is 22.7. The van der Waals surface area contributed by atoms with Gasteiger partial charge in [-0.05, 0) is 110 Å². The standard InChI is InChI=1S/C58H94O26/c1-23-33(64)39(70)45(82-48-41(72)38(69)36(67)29(19-59)78-48)51(77-23)84-52(74)58-15-13-53(2,3)17-25(58)24-9-10-32-55(6)18-26(61)46(54(4,5)31(55)11-12-57(32,8)56(24,7)14-16-58)83-49-42(73)43(37(68)30(20-60)79-49)80-50-44(35(66)28(63)22-76-50)81-47-40(71)34(65)27(62)21-75-47/h9,23,25-51,59-73H,10-22H2,1-8H3. The molecule has 5 aliphatic carbocycles. The molecule has 0 spiro atoms. The second-order valence-corrected chi connectivity index (χ2v) is 28.3. The molecule has 5 aliphatic heterocycles. The van der Waals surface area contributed by atoms with Gasteiger partial charge < -0.3 is 124 Å². The molecule has 482 valence electrons. The number of fused-ring (bicyclic) bond motifs is 7. The molecule has 10 aliphatic rings. The molecular formula is C58H94O26. The van der Waals surface area contributed by atoms with Gasteiger partial charge in [0.05, 0.1) is 50.2 Å². The van der Waals surface area contributed by atoms with Crippen molar-refractivity contribution in [3.63, 3.8) is 0 Å². The van der Waals surface area contributed by atoms with Crippen molar-refractivity contribution < 1.29 is 129 Å². The topological polar surface area (TPSA) is 413 Å². The second kappa shape index (κ2) is 23.8. The molecule has 0 radical (unpaired) electrons. The number of hydrogen-bond donors (Lipinski definition) is 15. The van der Waals surface area contributed by atoms with E-state index >= 15 is 4.79 Å². The Kier molecular flexibility index (Phi) is 18.5. The van der Waals surface area contributed by atoms with Crippen molar-refractivity contribution in [2.75, 3.05) is 26.4 Å². The number of carbonyl (C=O) groups is 1. The average Bonchev–Trinajstić information content (AvgIpc) is 1.14. The van der Waals surface area contributed by atoms with Crippen LogP contribution in [0.3, 0.4) is 0 Å². The molecule has 0 aromatic heterocycles. The fraction of sp³-hybridized carbons (Fsp3) is 0.948. The Labute approximate surface area is 488 Å². The summed E-state index contributed by atoms with van der Waals surface area (Å²) in [5.41, 5.74) is -2.17. The average molecular weight is 1210 g/mol. The Morgan fingerprint density at radius 2 is 1.11 bits per heavy atom. The summed E-state index contributed by atoms with van der Waals surface area (Å²) >= 11 is 0. The van der Waals surface area contributed by atoms with Gasteiger partial charge in [0.1, 0.15) is 97.7 Å². The molecule has 4 saturated carbocycles. The van der Waals surface area contributed by atoms with Gasteiger partial charge in [-0.3, -0.25) is 4.79 Å². The number of rotatable bonds is 12. The summed E-state index contributed by atoms with van der Waals surface area (Å²) in [4.78, 5) is 15.3. The van der Waals surface area contributed by atoms with Crippen LogP contribution in [0.4, 0.5) is 0 Å². The van der Waals surface area contributed by atoms with Crippen LogP contribution >= 0.6 is 0 Å². The van der Waals surface area contributed by atoms with E-state index in [-0.39, 0.29) is 35.0 Å². The quantitative estimate of drug-likeness (QED) is 0.0528. The van der Waals surface area contributed by atoms with E-state index in [0.717, 1.165) is 6.42 Å². The summed E-state index contributed by atoms with van der Waals surface area (Å²) in [7, 11) is 0. The molecule has 0 aromatic carbocycles. The van der Waals surface area contributed by atoms with Gasteiger partial charge in [0.2, 0.25) is 6.29 Å². The predicted molar refractivity (Wildman–Crippen MR) is 283 cm³/mol. The fourth-order valence-electron chi connectivity index (χ4n) is 17.5. The summed E-state index contributed by atoms with van der Waals surface area (Å²) in [6, 6.07) is 0. The molecule has 32 atom stereocenters. The molecule has 15 N–H and O–H groups in total. The first-order valence-corrected chi connectivity index (χ1v) is 30.1. The van der Waals surface area contributed by atoms with Crippen molar-refractivity contribution in [2.45, 2.75) is 267 Å². The Morgan fingerprint density at radius 1 is 0.536 bits per heavy atom. The second-order valence-electron chi connectivity index (χ2n) is 28.3. The number of esters is 1. The van der Waals surface area contributed by atoms with Crippen LogP contribution in [0.25, 0.3) is 0 Å². The molecular weight excluding hydrogens is 1110 g/mol. The molecule has 0 amide bonds.